The van der Waals surface area contributed by atoms with Gasteiger partial charge in [0.25, 0.3) is 0 Å². The number of rotatable bonds is 4. The summed E-state index contributed by atoms with van der Waals surface area (Å²) in [5.41, 5.74) is 1.29. The molecule has 2 aliphatic rings. The zero-order valence-electron chi connectivity index (χ0n) is 12.8. The molecule has 1 unspecified atom stereocenters. The van der Waals surface area contributed by atoms with Gasteiger partial charge >= 0.3 is 0 Å². The van der Waals surface area contributed by atoms with E-state index in [0.717, 1.165) is 25.9 Å². The van der Waals surface area contributed by atoms with Gasteiger partial charge in [-0.2, -0.15) is 0 Å². The molecular formula is C19H26FN. The van der Waals surface area contributed by atoms with Gasteiger partial charge < -0.3 is 0 Å². The minimum absolute atomic E-state index is 0.0205. The van der Waals surface area contributed by atoms with Crippen LogP contribution in [0, 0.1) is 5.92 Å². The number of benzene rings is 1. The highest BCUT2D eigenvalue weighted by Crippen LogP contribution is 2.31. The van der Waals surface area contributed by atoms with E-state index < -0.39 is 0 Å². The highest BCUT2D eigenvalue weighted by Gasteiger charge is 2.28. The summed E-state index contributed by atoms with van der Waals surface area (Å²) in [6, 6.07) is 10.5. The maximum atomic E-state index is 14.7. The molecule has 0 bridgehead atoms. The van der Waals surface area contributed by atoms with Crippen molar-refractivity contribution in [2.45, 2.75) is 57.5 Å². The predicted molar refractivity (Wildman–Crippen MR) is 85.6 cm³/mol. The second kappa shape index (κ2) is 7.22. The van der Waals surface area contributed by atoms with E-state index in [-0.39, 0.29) is 11.9 Å². The van der Waals surface area contributed by atoms with Gasteiger partial charge in [-0.15, -0.1) is 0 Å². The second-order valence-electron chi connectivity index (χ2n) is 6.56. The van der Waals surface area contributed by atoms with Gasteiger partial charge in [0.1, 0.15) is 5.83 Å². The zero-order chi connectivity index (χ0) is 14.5. The van der Waals surface area contributed by atoms with Crippen LogP contribution in [-0.2, 0) is 6.54 Å². The first-order valence-electron chi connectivity index (χ1n) is 8.48. The molecule has 21 heavy (non-hydrogen) atoms. The van der Waals surface area contributed by atoms with Crippen molar-refractivity contribution in [2.24, 2.45) is 5.92 Å². The molecule has 1 nitrogen and oxygen atoms in total. The van der Waals surface area contributed by atoms with Gasteiger partial charge in [0.2, 0.25) is 0 Å². The molecule has 1 saturated heterocycles. The van der Waals surface area contributed by atoms with Gasteiger partial charge in [0.15, 0.2) is 0 Å². The molecule has 2 fully saturated rings. The maximum Gasteiger partial charge on any atom is 0.113 e. The van der Waals surface area contributed by atoms with Crippen LogP contribution < -0.4 is 0 Å². The minimum atomic E-state index is 0.0205. The first kappa shape index (κ1) is 14.8. The van der Waals surface area contributed by atoms with Gasteiger partial charge in [-0.1, -0.05) is 49.6 Å². The van der Waals surface area contributed by atoms with Crippen molar-refractivity contribution in [3.05, 3.63) is 47.8 Å². The number of likely N-dealkylation sites (tertiary alicyclic amines) is 1. The van der Waals surface area contributed by atoms with Crippen molar-refractivity contribution in [1.82, 2.24) is 4.90 Å². The first-order valence-corrected chi connectivity index (χ1v) is 8.48. The maximum absolute atomic E-state index is 14.7. The fourth-order valence-corrected chi connectivity index (χ4v) is 3.78. The van der Waals surface area contributed by atoms with Crippen molar-refractivity contribution in [3.63, 3.8) is 0 Å². The number of halogens is 1. The topological polar surface area (TPSA) is 3.24 Å². The molecule has 0 amide bonds. The monoisotopic (exact) mass is 287 g/mol. The van der Waals surface area contributed by atoms with E-state index >= 15 is 0 Å². The van der Waals surface area contributed by atoms with Crippen LogP contribution in [0.2, 0.25) is 0 Å². The summed E-state index contributed by atoms with van der Waals surface area (Å²) < 4.78 is 14.7. The molecule has 1 heterocycles. The lowest BCUT2D eigenvalue weighted by Gasteiger charge is -2.25. The predicted octanol–water partition coefficient (Wildman–Crippen LogP) is 5.08. The number of hydrogen-bond donors (Lipinski definition) is 0. The fraction of sp³-hybridized carbons (Fsp3) is 0.579. The van der Waals surface area contributed by atoms with Crippen molar-refractivity contribution >= 4 is 0 Å². The molecule has 0 aromatic heterocycles. The Morgan fingerprint density at radius 1 is 1.05 bits per heavy atom. The molecule has 0 N–H and O–H groups in total. The van der Waals surface area contributed by atoms with Crippen LogP contribution in [-0.4, -0.2) is 17.5 Å². The molecule has 1 aromatic carbocycles. The van der Waals surface area contributed by atoms with Crippen molar-refractivity contribution in [3.8, 4) is 0 Å². The average Bonchev–Trinajstić information content (AvgIpc) is 2.97. The lowest BCUT2D eigenvalue weighted by atomic mass is 9.88. The molecule has 3 rings (SSSR count). The fourth-order valence-electron chi connectivity index (χ4n) is 3.78. The third-order valence-electron chi connectivity index (χ3n) is 4.96. The van der Waals surface area contributed by atoms with Gasteiger partial charge in [0, 0.05) is 6.54 Å². The summed E-state index contributed by atoms with van der Waals surface area (Å²) in [6.07, 6.45) is 10.3. The second-order valence-corrected chi connectivity index (χ2v) is 6.56. The van der Waals surface area contributed by atoms with Crippen LogP contribution >= 0.6 is 0 Å². The van der Waals surface area contributed by atoms with E-state index in [9.17, 15) is 4.39 Å². The Hall–Kier alpha value is -1.15. The highest BCUT2D eigenvalue weighted by atomic mass is 19.1. The van der Waals surface area contributed by atoms with Crippen LogP contribution in [0.25, 0.3) is 0 Å². The molecule has 2 heteroatoms. The largest absolute Gasteiger partial charge is 0.290 e. The summed E-state index contributed by atoms with van der Waals surface area (Å²) in [4.78, 5) is 2.31. The Balaban J connectivity index is 1.64. The molecule has 1 aliphatic heterocycles. The molecule has 1 aliphatic carbocycles. The Morgan fingerprint density at radius 2 is 1.81 bits per heavy atom. The lowest BCUT2D eigenvalue weighted by molar-refractivity contribution is 0.243. The van der Waals surface area contributed by atoms with E-state index in [0.29, 0.717) is 5.92 Å². The van der Waals surface area contributed by atoms with E-state index in [1.54, 1.807) is 0 Å². The molecule has 1 atom stereocenters. The van der Waals surface area contributed by atoms with Crippen LogP contribution in [0.1, 0.15) is 50.5 Å². The van der Waals surface area contributed by atoms with Gasteiger partial charge in [-0.3, -0.25) is 4.90 Å². The number of allylic oxidation sites excluding steroid dienone is 1. The number of nitrogens with zero attached hydrogens (tertiary/aromatic N) is 1. The Bertz CT molecular complexity index is 462. The summed E-state index contributed by atoms with van der Waals surface area (Å²) in [6.45, 7) is 1.89. The van der Waals surface area contributed by atoms with E-state index in [1.165, 1.54) is 37.7 Å². The third kappa shape index (κ3) is 3.94. The van der Waals surface area contributed by atoms with Crippen LogP contribution in [0.3, 0.4) is 0 Å². The summed E-state index contributed by atoms with van der Waals surface area (Å²) in [7, 11) is 0. The van der Waals surface area contributed by atoms with Crippen LogP contribution in [0.15, 0.2) is 42.2 Å². The molecular weight excluding hydrogens is 261 g/mol. The Labute approximate surface area is 127 Å². The Morgan fingerprint density at radius 3 is 2.57 bits per heavy atom. The van der Waals surface area contributed by atoms with E-state index in [1.807, 2.05) is 12.1 Å². The lowest BCUT2D eigenvalue weighted by Crippen LogP contribution is -2.29. The molecule has 0 spiro atoms. The van der Waals surface area contributed by atoms with Crippen molar-refractivity contribution in [1.29, 1.82) is 0 Å². The average molecular weight is 287 g/mol. The molecule has 114 valence electrons. The van der Waals surface area contributed by atoms with E-state index in [2.05, 4.69) is 29.2 Å². The van der Waals surface area contributed by atoms with Gasteiger partial charge in [0.05, 0.1) is 6.04 Å². The molecule has 0 radical (unpaired) electrons. The Kier molecular flexibility index (Phi) is 5.08. The van der Waals surface area contributed by atoms with Crippen LogP contribution in [0.5, 0.6) is 0 Å². The standard InChI is InChI=1S/C19H26FN/c20-18(14-16-8-3-1-4-9-16)19-12-7-13-21(19)15-17-10-5-2-6-11-17/h2,5-6,10-11,14,16,19H,1,3-4,7-9,12-13,15H2/b18-14-. The summed E-state index contributed by atoms with van der Waals surface area (Å²) in [5.74, 6) is 0.619. The first-order chi connectivity index (χ1) is 10.3. The zero-order valence-corrected chi connectivity index (χ0v) is 12.8. The normalized spacial score (nSPS) is 25.4. The SMILES string of the molecule is F/C(=C\C1CCCCC1)C1CCCN1Cc1ccccc1. The third-order valence-corrected chi connectivity index (χ3v) is 4.96. The number of hydrogen-bond acceptors (Lipinski definition) is 1. The molecule has 1 saturated carbocycles. The smallest absolute Gasteiger partial charge is 0.113 e. The van der Waals surface area contributed by atoms with Crippen molar-refractivity contribution < 1.29 is 4.39 Å². The van der Waals surface area contributed by atoms with Crippen molar-refractivity contribution in [2.75, 3.05) is 6.54 Å². The summed E-state index contributed by atoms with van der Waals surface area (Å²) in [5, 5.41) is 0. The quantitative estimate of drug-likeness (QED) is 0.746. The van der Waals surface area contributed by atoms with Gasteiger partial charge in [-0.25, -0.2) is 4.39 Å². The van der Waals surface area contributed by atoms with Gasteiger partial charge in [-0.05, 0) is 49.8 Å². The van der Waals surface area contributed by atoms with Crippen LogP contribution in [0.4, 0.5) is 4.39 Å². The highest BCUT2D eigenvalue weighted by molar-refractivity contribution is 5.16. The molecule has 1 aromatic rings. The minimum Gasteiger partial charge on any atom is -0.290 e. The summed E-state index contributed by atoms with van der Waals surface area (Å²) >= 11 is 0. The van der Waals surface area contributed by atoms with E-state index in [4.69, 9.17) is 0 Å².